The molecule has 0 aliphatic heterocycles. The van der Waals surface area contributed by atoms with E-state index in [4.69, 9.17) is 9.26 Å². The summed E-state index contributed by atoms with van der Waals surface area (Å²) in [4.78, 5) is 14.6. The van der Waals surface area contributed by atoms with Crippen LogP contribution in [0.5, 0.6) is 5.75 Å². The molecule has 3 aromatic rings. The standard InChI is InChI=1S/C21H23N3O3/c1-24(2)18(16-11-7-8-12-19(16)26-3)14-22-21(25)17-13-20(27-23-17)15-9-5-4-6-10-15/h4-13,18H,14H2,1-3H3,(H,22,25). The summed E-state index contributed by atoms with van der Waals surface area (Å²) in [7, 11) is 5.57. The smallest absolute Gasteiger partial charge is 0.273 e. The van der Waals surface area contributed by atoms with Crippen LogP contribution in [-0.4, -0.2) is 43.7 Å². The molecule has 1 unspecified atom stereocenters. The number of ether oxygens (including phenoxy) is 1. The number of methoxy groups -OCH3 is 1. The van der Waals surface area contributed by atoms with E-state index in [0.29, 0.717) is 12.3 Å². The Hall–Kier alpha value is -3.12. The molecular formula is C21H23N3O3. The second kappa shape index (κ2) is 8.51. The Bertz CT molecular complexity index is 890. The molecule has 3 rings (SSSR count). The molecule has 0 aliphatic rings. The number of nitrogens with one attached hydrogen (secondary N) is 1. The van der Waals surface area contributed by atoms with Crippen LogP contribution in [0.3, 0.4) is 0 Å². The molecule has 0 aliphatic carbocycles. The lowest BCUT2D eigenvalue weighted by atomic mass is 10.0. The molecule has 1 N–H and O–H groups in total. The molecule has 2 aromatic carbocycles. The number of hydrogen-bond acceptors (Lipinski definition) is 5. The fourth-order valence-electron chi connectivity index (χ4n) is 2.91. The summed E-state index contributed by atoms with van der Waals surface area (Å²) >= 11 is 0. The lowest BCUT2D eigenvalue weighted by Gasteiger charge is -2.26. The fraction of sp³-hybridized carbons (Fsp3) is 0.238. The highest BCUT2D eigenvalue weighted by molar-refractivity contribution is 5.93. The van der Waals surface area contributed by atoms with Gasteiger partial charge in [-0.2, -0.15) is 0 Å². The topological polar surface area (TPSA) is 67.6 Å². The summed E-state index contributed by atoms with van der Waals surface area (Å²) in [5.41, 5.74) is 2.14. The summed E-state index contributed by atoms with van der Waals surface area (Å²) in [6.45, 7) is 0.416. The van der Waals surface area contributed by atoms with Gasteiger partial charge in [-0.1, -0.05) is 53.7 Å². The average Bonchev–Trinajstić information content (AvgIpc) is 3.19. The van der Waals surface area contributed by atoms with Crippen molar-refractivity contribution in [2.24, 2.45) is 0 Å². The van der Waals surface area contributed by atoms with Crippen molar-refractivity contribution in [3.8, 4) is 17.1 Å². The molecule has 27 heavy (non-hydrogen) atoms. The van der Waals surface area contributed by atoms with Crippen LogP contribution in [0.2, 0.25) is 0 Å². The van der Waals surface area contributed by atoms with E-state index in [0.717, 1.165) is 16.9 Å². The first-order valence-electron chi connectivity index (χ1n) is 8.70. The highest BCUT2D eigenvalue weighted by Gasteiger charge is 2.20. The number of rotatable bonds is 7. The van der Waals surface area contributed by atoms with Crippen molar-refractivity contribution in [2.45, 2.75) is 6.04 Å². The quantitative estimate of drug-likeness (QED) is 0.695. The van der Waals surface area contributed by atoms with Gasteiger partial charge in [0.15, 0.2) is 11.5 Å². The molecule has 140 valence electrons. The van der Waals surface area contributed by atoms with E-state index in [1.54, 1.807) is 13.2 Å². The van der Waals surface area contributed by atoms with E-state index in [1.807, 2.05) is 73.6 Å². The van der Waals surface area contributed by atoms with E-state index in [9.17, 15) is 4.79 Å². The van der Waals surface area contributed by atoms with Crippen LogP contribution in [0.1, 0.15) is 22.1 Å². The predicted molar refractivity (Wildman–Crippen MR) is 104 cm³/mol. The number of para-hydroxylation sites is 1. The molecule has 1 atom stereocenters. The van der Waals surface area contributed by atoms with Gasteiger partial charge in [-0.05, 0) is 20.2 Å². The monoisotopic (exact) mass is 365 g/mol. The van der Waals surface area contributed by atoms with Gasteiger partial charge < -0.3 is 19.5 Å². The molecule has 0 radical (unpaired) electrons. The molecule has 1 aromatic heterocycles. The van der Waals surface area contributed by atoms with Gasteiger partial charge in [-0.3, -0.25) is 4.79 Å². The highest BCUT2D eigenvalue weighted by atomic mass is 16.5. The van der Waals surface area contributed by atoms with E-state index in [-0.39, 0.29) is 17.6 Å². The molecule has 0 saturated carbocycles. The molecule has 1 heterocycles. The maximum absolute atomic E-state index is 12.5. The van der Waals surface area contributed by atoms with Crippen molar-refractivity contribution >= 4 is 5.91 Å². The van der Waals surface area contributed by atoms with Crippen LogP contribution >= 0.6 is 0 Å². The normalized spacial score (nSPS) is 12.0. The molecule has 0 fully saturated rings. The number of carbonyl (C=O) groups is 1. The molecule has 0 saturated heterocycles. The van der Waals surface area contributed by atoms with Gasteiger partial charge >= 0.3 is 0 Å². The lowest BCUT2D eigenvalue weighted by Crippen LogP contribution is -2.34. The first-order valence-corrected chi connectivity index (χ1v) is 8.70. The molecule has 6 nitrogen and oxygen atoms in total. The summed E-state index contributed by atoms with van der Waals surface area (Å²) < 4.78 is 10.8. The SMILES string of the molecule is COc1ccccc1C(CNC(=O)c1cc(-c2ccccc2)on1)N(C)C. The van der Waals surface area contributed by atoms with Gasteiger partial charge in [0.25, 0.3) is 5.91 Å². The first kappa shape index (κ1) is 18.7. The Morgan fingerprint density at radius 3 is 2.56 bits per heavy atom. The minimum Gasteiger partial charge on any atom is -0.496 e. The van der Waals surface area contributed by atoms with Gasteiger partial charge in [0.05, 0.1) is 13.2 Å². The number of amides is 1. The molecule has 0 bridgehead atoms. The van der Waals surface area contributed by atoms with Crippen LogP contribution in [0.25, 0.3) is 11.3 Å². The predicted octanol–water partition coefficient (Wildman–Crippen LogP) is 3.38. The Balaban J connectivity index is 1.71. The number of likely N-dealkylation sites (N-methyl/N-ethyl adjacent to an activating group) is 1. The van der Waals surface area contributed by atoms with Crippen LogP contribution < -0.4 is 10.1 Å². The third kappa shape index (κ3) is 4.35. The minimum atomic E-state index is -0.275. The summed E-state index contributed by atoms with van der Waals surface area (Å²) in [5.74, 6) is 1.08. The van der Waals surface area contributed by atoms with E-state index in [1.165, 1.54) is 0 Å². The summed E-state index contributed by atoms with van der Waals surface area (Å²) in [6.07, 6.45) is 0. The Kier molecular flexibility index (Phi) is 5.88. The van der Waals surface area contributed by atoms with Crippen molar-refractivity contribution in [3.63, 3.8) is 0 Å². The van der Waals surface area contributed by atoms with E-state index < -0.39 is 0 Å². The lowest BCUT2D eigenvalue weighted by molar-refractivity contribution is 0.0932. The van der Waals surface area contributed by atoms with Crippen LogP contribution in [-0.2, 0) is 0 Å². The van der Waals surface area contributed by atoms with Crippen molar-refractivity contribution < 1.29 is 14.1 Å². The minimum absolute atomic E-state index is 0.0365. The molecule has 1 amide bonds. The van der Waals surface area contributed by atoms with Crippen molar-refractivity contribution in [2.75, 3.05) is 27.7 Å². The summed E-state index contributed by atoms with van der Waals surface area (Å²) in [6, 6.07) is 19.0. The van der Waals surface area contributed by atoms with Crippen molar-refractivity contribution in [1.29, 1.82) is 0 Å². The third-order valence-electron chi connectivity index (χ3n) is 4.38. The zero-order chi connectivity index (χ0) is 19.2. The maximum atomic E-state index is 12.5. The molecule has 6 heteroatoms. The molecular weight excluding hydrogens is 342 g/mol. The number of nitrogens with zero attached hydrogens (tertiary/aromatic N) is 2. The first-order chi connectivity index (χ1) is 13.1. The molecule has 0 spiro atoms. The number of carbonyl (C=O) groups excluding carboxylic acids is 1. The number of hydrogen-bond donors (Lipinski definition) is 1. The van der Waals surface area contributed by atoms with E-state index in [2.05, 4.69) is 10.5 Å². The van der Waals surface area contributed by atoms with E-state index >= 15 is 0 Å². The average molecular weight is 365 g/mol. The van der Waals surface area contributed by atoms with Gasteiger partial charge in [0.1, 0.15) is 5.75 Å². The number of benzene rings is 2. The van der Waals surface area contributed by atoms with Crippen molar-refractivity contribution in [3.05, 3.63) is 71.9 Å². The maximum Gasteiger partial charge on any atom is 0.273 e. The Morgan fingerprint density at radius 2 is 1.85 bits per heavy atom. The van der Waals surface area contributed by atoms with Gasteiger partial charge in [0, 0.05) is 23.7 Å². The zero-order valence-corrected chi connectivity index (χ0v) is 15.7. The van der Waals surface area contributed by atoms with Crippen LogP contribution in [0.4, 0.5) is 0 Å². The van der Waals surface area contributed by atoms with Crippen molar-refractivity contribution in [1.82, 2.24) is 15.4 Å². The van der Waals surface area contributed by atoms with Gasteiger partial charge in [0.2, 0.25) is 0 Å². The second-order valence-corrected chi connectivity index (χ2v) is 6.37. The third-order valence-corrected chi connectivity index (χ3v) is 4.38. The Labute approximate surface area is 158 Å². The summed E-state index contributed by atoms with van der Waals surface area (Å²) in [5, 5.41) is 6.83. The van der Waals surface area contributed by atoms with Crippen LogP contribution in [0, 0.1) is 0 Å². The van der Waals surface area contributed by atoms with Gasteiger partial charge in [-0.25, -0.2) is 0 Å². The Morgan fingerprint density at radius 1 is 1.15 bits per heavy atom. The fourth-order valence-corrected chi connectivity index (χ4v) is 2.91. The van der Waals surface area contributed by atoms with Crippen LogP contribution in [0.15, 0.2) is 65.2 Å². The second-order valence-electron chi connectivity index (χ2n) is 6.37. The van der Waals surface area contributed by atoms with Gasteiger partial charge in [-0.15, -0.1) is 0 Å². The highest BCUT2D eigenvalue weighted by Crippen LogP contribution is 2.27. The number of aromatic nitrogens is 1. The largest absolute Gasteiger partial charge is 0.496 e. The zero-order valence-electron chi connectivity index (χ0n) is 15.7.